The van der Waals surface area contributed by atoms with E-state index in [-0.39, 0.29) is 0 Å². The number of benzene rings is 2. The van der Waals surface area contributed by atoms with Gasteiger partial charge in [0, 0.05) is 34.1 Å². The number of hydrogen-bond donors (Lipinski definition) is 2. The Morgan fingerprint density at radius 2 is 1.12 bits per heavy atom. The fourth-order valence-electron chi connectivity index (χ4n) is 3.32. The summed E-state index contributed by atoms with van der Waals surface area (Å²) in [4.78, 5) is 0. The average molecular weight is 452 g/mol. The van der Waals surface area contributed by atoms with Crippen LogP contribution in [0.1, 0.15) is 36.8 Å². The SMILES string of the molecule is Brc1cccc(CNC2CCC(NCc3cccc(Br)c3)CC2)c1. The highest BCUT2D eigenvalue weighted by molar-refractivity contribution is 9.10. The van der Waals surface area contributed by atoms with Crippen molar-refractivity contribution in [2.75, 3.05) is 0 Å². The molecule has 1 saturated carbocycles. The molecule has 0 radical (unpaired) electrons. The molecule has 0 spiro atoms. The van der Waals surface area contributed by atoms with Crippen molar-refractivity contribution in [2.45, 2.75) is 50.9 Å². The molecule has 0 aliphatic heterocycles. The minimum atomic E-state index is 0.646. The number of rotatable bonds is 6. The van der Waals surface area contributed by atoms with Crippen LogP contribution in [-0.2, 0) is 13.1 Å². The van der Waals surface area contributed by atoms with Gasteiger partial charge in [0.05, 0.1) is 0 Å². The van der Waals surface area contributed by atoms with E-state index in [2.05, 4.69) is 91.0 Å². The van der Waals surface area contributed by atoms with E-state index in [9.17, 15) is 0 Å². The van der Waals surface area contributed by atoms with Crippen molar-refractivity contribution in [3.05, 3.63) is 68.6 Å². The molecule has 3 rings (SSSR count). The summed E-state index contributed by atoms with van der Waals surface area (Å²) in [6, 6.07) is 18.4. The first-order valence-electron chi connectivity index (χ1n) is 8.65. The topological polar surface area (TPSA) is 24.1 Å². The maximum absolute atomic E-state index is 3.71. The molecule has 1 fully saturated rings. The summed E-state index contributed by atoms with van der Waals surface area (Å²) in [5.41, 5.74) is 2.69. The van der Waals surface area contributed by atoms with Crippen LogP contribution >= 0.6 is 31.9 Å². The van der Waals surface area contributed by atoms with Gasteiger partial charge in [-0.2, -0.15) is 0 Å². The second-order valence-electron chi connectivity index (χ2n) is 6.57. The van der Waals surface area contributed by atoms with Gasteiger partial charge in [-0.05, 0) is 61.1 Å². The second-order valence-corrected chi connectivity index (χ2v) is 8.40. The third kappa shape index (κ3) is 5.69. The summed E-state index contributed by atoms with van der Waals surface area (Å²) in [5, 5.41) is 7.42. The minimum Gasteiger partial charge on any atom is -0.310 e. The van der Waals surface area contributed by atoms with Gasteiger partial charge in [-0.15, -0.1) is 0 Å². The van der Waals surface area contributed by atoms with Crippen molar-refractivity contribution in [2.24, 2.45) is 0 Å². The van der Waals surface area contributed by atoms with Crippen LogP contribution in [-0.4, -0.2) is 12.1 Å². The van der Waals surface area contributed by atoms with Gasteiger partial charge in [-0.25, -0.2) is 0 Å². The fraction of sp³-hybridized carbons (Fsp3) is 0.400. The first-order valence-corrected chi connectivity index (χ1v) is 10.2. The fourth-order valence-corrected chi connectivity index (χ4v) is 4.21. The summed E-state index contributed by atoms with van der Waals surface area (Å²) in [6.07, 6.45) is 5.02. The van der Waals surface area contributed by atoms with Gasteiger partial charge in [-0.3, -0.25) is 0 Å². The van der Waals surface area contributed by atoms with Crippen LogP contribution < -0.4 is 10.6 Å². The number of hydrogen-bond acceptors (Lipinski definition) is 2. The van der Waals surface area contributed by atoms with Crippen LogP contribution in [0.2, 0.25) is 0 Å². The zero-order valence-electron chi connectivity index (χ0n) is 13.8. The van der Waals surface area contributed by atoms with Crippen molar-refractivity contribution in [1.29, 1.82) is 0 Å². The molecule has 24 heavy (non-hydrogen) atoms. The van der Waals surface area contributed by atoms with E-state index < -0.39 is 0 Å². The van der Waals surface area contributed by atoms with Gasteiger partial charge in [0.25, 0.3) is 0 Å². The first-order chi connectivity index (χ1) is 11.7. The van der Waals surface area contributed by atoms with Crippen LogP contribution in [0.25, 0.3) is 0 Å². The van der Waals surface area contributed by atoms with Crippen molar-refractivity contribution >= 4 is 31.9 Å². The Hall–Kier alpha value is -0.680. The van der Waals surface area contributed by atoms with Crippen LogP contribution in [0.5, 0.6) is 0 Å². The Morgan fingerprint density at radius 3 is 1.50 bits per heavy atom. The molecule has 2 aromatic carbocycles. The molecule has 0 unspecified atom stereocenters. The highest BCUT2D eigenvalue weighted by atomic mass is 79.9. The lowest BCUT2D eigenvalue weighted by molar-refractivity contribution is 0.305. The molecule has 0 amide bonds. The van der Waals surface area contributed by atoms with Crippen LogP contribution in [0, 0.1) is 0 Å². The summed E-state index contributed by atoms with van der Waals surface area (Å²) in [6.45, 7) is 1.92. The highest BCUT2D eigenvalue weighted by Gasteiger charge is 2.20. The zero-order chi connectivity index (χ0) is 16.8. The predicted molar refractivity (Wildman–Crippen MR) is 108 cm³/mol. The third-order valence-corrected chi connectivity index (χ3v) is 5.68. The minimum absolute atomic E-state index is 0.646. The molecular weight excluding hydrogens is 428 g/mol. The van der Waals surface area contributed by atoms with E-state index in [4.69, 9.17) is 0 Å². The average Bonchev–Trinajstić information content (AvgIpc) is 2.59. The molecule has 1 aliphatic carbocycles. The molecule has 2 nitrogen and oxygen atoms in total. The zero-order valence-corrected chi connectivity index (χ0v) is 16.9. The molecule has 0 atom stereocenters. The Labute approximate surface area is 161 Å². The monoisotopic (exact) mass is 450 g/mol. The number of halogens is 2. The van der Waals surface area contributed by atoms with Crippen LogP contribution in [0.3, 0.4) is 0 Å². The smallest absolute Gasteiger partial charge is 0.0208 e. The lowest BCUT2D eigenvalue weighted by Gasteiger charge is -2.30. The Balaban J connectivity index is 1.38. The van der Waals surface area contributed by atoms with Crippen molar-refractivity contribution in [1.82, 2.24) is 10.6 Å². The third-order valence-electron chi connectivity index (χ3n) is 4.69. The maximum atomic E-state index is 3.71. The van der Waals surface area contributed by atoms with Gasteiger partial charge >= 0.3 is 0 Å². The molecule has 2 aromatic rings. The summed E-state index contributed by atoms with van der Waals surface area (Å²) >= 11 is 7.08. The van der Waals surface area contributed by atoms with Crippen LogP contribution in [0.4, 0.5) is 0 Å². The Kier molecular flexibility index (Phi) is 6.90. The van der Waals surface area contributed by atoms with Gasteiger partial charge in [0.2, 0.25) is 0 Å². The molecule has 0 bridgehead atoms. The van der Waals surface area contributed by atoms with E-state index in [1.54, 1.807) is 0 Å². The summed E-state index contributed by atoms with van der Waals surface area (Å²) in [5.74, 6) is 0. The molecular formula is C20H24Br2N2. The van der Waals surface area contributed by atoms with E-state index >= 15 is 0 Å². The standard InChI is InChI=1S/C20H24Br2N2/c21-17-5-1-3-15(11-17)13-23-19-7-9-20(10-8-19)24-14-16-4-2-6-18(22)12-16/h1-6,11-12,19-20,23-24H,7-10,13-14H2. The van der Waals surface area contributed by atoms with E-state index in [1.165, 1.54) is 36.8 Å². The molecule has 0 aromatic heterocycles. The highest BCUT2D eigenvalue weighted by Crippen LogP contribution is 2.20. The van der Waals surface area contributed by atoms with Gasteiger partial charge in [-0.1, -0.05) is 56.1 Å². The molecule has 0 saturated heterocycles. The maximum Gasteiger partial charge on any atom is 0.0208 e. The van der Waals surface area contributed by atoms with Crippen molar-refractivity contribution < 1.29 is 0 Å². The predicted octanol–water partition coefficient (Wildman–Crippen LogP) is 5.40. The molecule has 128 valence electrons. The van der Waals surface area contributed by atoms with Gasteiger partial charge in [0.15, 0.2) is 0 Å². The van der Waals surface area contributed by atoms with Gasteiger partial charge in [0.1, 0.15) is 0 Å². The van der Waals surface area contributed by atoms with Crippen molar-refractivity contribution in [3.63, 3.8) is 0 Å². The lowest BCUT2D eigenvalue weighted by Crippen LogP contribution is -2.39. The normalized spacial score (nSPS) is 20.9. The summed E-state index contributed by atoms with van der Waals surface area (Å²) < 4.78 is 2.31. The van der Waals surface area contributed by atoms with E-state index in [0.29, 0.717) is 12.1 Å². The quantitative estimate of drug-likeness (QED) is 0.614. The summed E-state index contributed by atoms with van der Waals surface area (Å²) in [7, 11) is 0. The van der Waals surface area contributed by atoms with Gasteiger partial charge < -0.3 is 10.6 Å². The Morgan fingerprint density at radius 1 is 0.708 bits per heavy atom. The van der Waals surface area contributed by atoms with Crippen LogP contribution in [0.15, 0.2) is 57.5 Å². The second kappa shape index (κ2) is 9.14. The first kappa shape index (κ1) is 18.1. The molecule has 1 aliphatic rings. The van der Waals surface area contributed by atoms with Crippen molar-refractivity contribution in [3.8, 4) is 0 Å². The Bertz CT molecular complexity index is 594. The largest absolute Gasteiger partial charge is 0.310 e. The molecule has 2 N–H and O–H groups in total. The van der Waals surface area contributed by atoms with E-state index in [1.807, 2.05) is 0 Å². The number of nitrogens with one attached hydrogen (secondary N) is 2. The lowest BCUT2D eigenvalue weighted by atomic mass is 9.91. The van der Waals surface area contributed by atoms with E-state index in [0.717, 1.165) is 22.0 Å². The molecule has 0 heterocycles. The molecule has 4 heteroatoms.